The fourth-order valence-electron chi connectivity index (χ4n) is 5.40. The Balaban J connectivity index is 1.34. The molecule has 5 rings (SSSR count). The van der Waals surface area contributed by atoms with Crippen molar-refractivity contribution < 1.29 is 33.4 Å². The fraction of sp³-hybridized carbons (Fsp3) is 0.244. The van der Waals surface area contributed by atoms with Crippen LogP contribution in [0.3, 0.4) is 0 Å². The highest BCUT2D eigenvalue weighted by Gasteiger charge is 2.29. The number of fused-ring (bicyclic) bond motifs is 1. The minimum Gasteiger partial charge on any atom is -0.444 e. The molecule has 4 N–H and O–H groups in total. The molecule has 0 radical (unpaired) electrons. The van der Waals surface area contributed by atoms with Crippen molar-refractivity contribution in [1.29, 1.82) is 0 Å². The highest BCUT2D eigenvalue weighted by Crippen LogP contribution is 2.24. The molecule has 0 aliphatic carbocycles. The van der Waals surface area contributed by atoms with Crippen LogP contribution in [0.1, 0.15) is 59.6 Å². The number of ether oxygens (including phenoxy) is 2. The molecule has 1 heterocycles. The zero-order valence-corrected chi connectivity index (χ0v) is 31.3. The number of nitrogens with one attached hydrogen (secondary N) is 4. The number of guanidine groups is 1. The molecule has 1 aromatic heterocycles. The molecule has 4 amide bonds. The minimum atomic E-state index is -1.00. The topological polar surface area (TPSA) is 177 Å². The Labute approximate surface area is 322 Å². The molecule has 0 saturated carbocycles. The van der Waals surface area contributed by atoms with Gasteiger partial charge in [0.25, 0.3) is 0 Å². The third-order valence-electron chi connectivity index (χ3n) is 8.16. The van der Waals surface area contributed by atoms with E-state index in [0.29, 0.717) is 29.6 Å². The summed E-state index contributed by atoms with van der Waals surface area (Å²) in [6, 6.07) is 30.5. The van der Waals surface area contributed by atoms with Gasteiger partial charge in [-0.2, -0.15) is 0 Å². The second kappa shape index (κ2) is 20.2. The SMILES string of the molecule is CCCC[C@H](NC(C)=O)C(=O)NC(Cc1ccc(N=C(NC(=O)OCc2ccccc2)NC(=O)OCc2ccccc2)cc1)C(=O)c1nc2ccccc2s1. The quantitative estimate of drug-likeness (QED) is 0.0515. The van der Waals surface area contributed by atoms with Crippen LogP contribution >= 0.6 is 11.3 Å². The van der Waals surface area contributed by atoms with Crippen molar-refractivity contribution in [1.82, 2.24) is 26.3 Å². The number of thiazole rings is 1. The van der Waals surface area contributed by atoms with Gasteiger partial charge >= 0.3 is 12.2 Å². The van der Waals surface area contributed by atoms with Crippen molar-refractivity contribution >= 4 is 63.0 Å². The number of hydrogen-bond acceptors (Lipinski definition) is 10. The summed E-state index contributed by atoms with van der Waals surface area (Å²) in [4.78, 5) is 73.8. The lowest BCUT2D eigenvalue weighted by Crippen LogP contribution is -2.51. The van der Waals surface area contributed by atoms with Gasteiger partial charge in [0.2, 0.25) is 23.6 Å². The molecule has 2 atom stereocenters. The monoisotopic (exact) mass is 762 g/mol. The number of nitrogens with zero attached hydrogens (tertiary/aromatic N) is 2. The summed E-state index contributed by atoms with van der Waals surface area (Å²) in [5, 5.41) is 10.8. The molecule has 0 fully saturated rings. The average Bonchev–Trinajstić information content (AvgIpc) is 3.63. The number of amides is 4. The van der Waals surface area contributed by atoms with Gasteiger partial charge in [-0.05, 0) is 47.4 Å². The van der Waals surface area contributed by atoms with Crippen LogP contribution in [0.25, 0.3) is 10.2 Å². The molecular formula is C41H42N6O7S. The summed E-state index contributed by atoms with van der Waals surface area (Å²) in [6.07, 6.45) is 0.338. The maximum absolute atomic E-state index is 13.9. The Kier molecular flexibility index (Phi) is 14.6. The van der Waals surface area contributed by atoms with Gasteiger partial charge in [0.05, 0.1) is 21.9 Å². The Morgan fingerprint density at radius 1 is 0.709 bits per heavy atom. The average molecular weight is 763 g/mol. The van der Waals surface area contributed by atoms with Crippen LogP contribution in [0.4, 0.5) is 15.3 Å². The highest BCUT2D eigenvalue weighted by atomic mass is 32.1. The van der Waals surface area contributed by atoms with E-state index in [2.05, 4.69) is 31.2 Å². The molecule has 4 aromatic carbocycles. The van der Waals surface area contributed by atoms with Crippen LogP contribution in [-0.4, -0.2) is 52.8 Å². The first-order chi connectivity index (χ1) is 26.7. The van der Waals surface area contributed by atoms with E-state index in [4.69, 9.17) is 9.47 Å². The largest absolute Gasteiger partial charge is 0.444 e. The van der Waals surface area contributed by atoms with Gasteiger partial charge in [-0.1, -0.05) is 105 Å². The number of carbonyl (C=O) groups is 5. The van der Waals surface area contributed by atoms with E-state index >= 15 is 0 Å². The predicted octanol–water partition coefficient (Wildman–Crippen LogP) is 6.74. The summed E-state index contributed by atoms with van der Waals surface area (Å²) in [7, 11) is 0. The molecule has 1 unspecified atom stereocenters. The number of carbonyl (C=O) groups excluding carboxylic acids is 5. The number of Topliss-reactive ketones (excluding diaryl/α,β-unsaturated/α-hetero) is 1. The second-order valence-corrected chi connectivity index (χ2v) is 13.5. The molecule has 13 nitrogen and oxygen atoms in total. The molecule has 284 valence electrons. The zero-order chi connectivity index (χ0) is 39.0. The first kappa shape index (κ1) is 39.8. The number of para-hydroxylation sites is 1. The summed E-state index contributed by atoms with van der Waals surface area (Å²) >= 11 is 1.24. The predicted molar refractivity (Wildman–Crippen MR) is 210 cm³/mol. The lowest BCUT2D eigenvalue weighted by atomic mass is 10.0. The number of alkyl carbamates (subject to hydrolysis) is 2. The van der Waals surface area contributed by atoms with Gasteiger partial charge < -0.3 is 20.1 Å². The first-order valence-corrected chi connectivity index (χ1v) is 18.6. The van der Waals surface area contributed by atoms with Crippen molar-refractivity contribution in [2.45, 2.75) is 64.8 Å². The fourth-order valence-corrected chi connectivity index (χ4v) is 6.36. The van der Waals surface area contributed by atoms with Gasteiger partial charge in [-0.3, -0.25) is 25.0 Å². The number of benzene rings is 4. The Bertz CT molecular complexity index is 2010. The molecular weight excluding hydrogens is 721 g/mol. The number of aromatic nitrogens is 1. The lowest BCUT2D eigenvalue weighted by molar-refractivity contribution is -0.128. The van der Waals surface area contributed by atoms with Crippen LogP contribution < -0.4 is 21.3 Å². The van der Waals surface area contributed by atoms with Gasteiger partial charge in [0, 0.05) is 13.3 Å². The Morgan fingerprint density at radius 2 is 1.29 bits per heavy atom. The van der Waals surface area contributed by atoms with Crippen LogP contribution in [0.5, 0.6) is 0 Å². The molecule has 0 aliphatic heterocycles. The number of ketones is 1. The van der Waals surface area contributed by atoms with Crippen molar-refractivity contribution in [2.75, 3.05) is 0 Å². The Hall–Kier alpha value is -6.41. The summed E-state index contributed by atoms with van der Waals surface area (Å²) in [6.45, 7) is 3.31. The van der Waals surface area contributed by atoms with Crippen molar-refractivity contribution in [2.24, 2.45) is 4.99 Å². The number of hydrogen-bond donors (Lipinski definition) is 4. The number of unbranched alkanes of at least 4 members (excludes halogenated alkanes) is 1. The smallest absolute Gasteiger partial charge is 0.414 e. The van der Waals surface area contributed by atoms with E-state index in [1.807, 2.05) is 67.6 Å². The zero-order valence-electron chi connectivity index (χ0n) is 30.5. The van der Waals surface area contributed by atoms with Gasteiger partial charge in [-0.25, -0.2) is 19.6 Å². The molecule has 0 bridgehead atoms. The normalized spacial score (nSPS) is 11.7. The van der Waals surface area contributed by atoms with Crippen LogP contribution in [0, 0.1) is 0 Å². The van der Waals surface area contributed by atoms with Crippen molar-refractivity contribution in [3.63, 3.8) is 0 Å². The van der Waals surface area contributed by atoms with E-state index in [0.717, 1.165) is 22.2 Å². The summed E-state index contributed by atoms with van der Waals surface area (Å²) in [5.74, 6) is -1.42. The van der Waals surface area contributed by atoms with Crippen molar-refractivity contribution in [3.05, 3.63) is 131 Å². The molecule has 5 aromatic rings. The first-order valence-electron chi connectivity index (χ1n) is 17.8. The van der Waals surface area contributed by atoms with Crippen molar-refractivity contribution in [3.8, 4) is 0 Å². The minimum absolute atomic E-state index is 0.00921. The van der Waals surface area contributed by atoms with E-state index < -0.39 is 30.2 Å². The van der Waals surface area contributed by atoms with E-state index in [-0.39, 0.29) is 42.3 Å². The van der Waals surface area contributed by atoms with Crippen LogP contribution in [0.2, 0.25) is 0 Å². The third kappa shape index (κ3) is 12.6. The molecule has 0 aliphatic rings. The molecule has 55 heavy (non-hydrogen) atoms. The maximum atomic E-state index is 13.9. The Morgan fingerprint density at radius 3 is 1.85 bits per heavy atom. The molecule has 0 saturated heterocycles. The van der Waals surface area contributed by atoms with E-state index in [1.54, 1.807) is 48.5 Å². The second-order valence-electron chi connectivity index (χ2n) is 12.5. The standard InChI is InChI=1S/C41H42N6O7S/c1-3-4-17-33(42-27(2)48)37(50)44-34(36(49)38-45-32-18-11-12-19-35(32)55-38)24-28-20-22-31(23-21-28)43-39(46-40(51)53-25-29-13-7-5-8-14-29)47-41(52)54-26-30-15-9-6-10-16-30/h5-16,18-23,33-34H,3-4,17,24-26H2,1-2H3,(H,42,48)(H,44,50)(H2,43,46,47,51,52)/t33-,34?/m0/s1. The number of aliphatic imine (C=N–C) groups is 1. The summed E-state index contributed by atoms with van der Waals surface area (Å²) in [5.41, 5.74) is 3.23. The molecule has 14 heteroatoms. The van der Waals surface area contributed by atoms with E-state index in [9.17, 15) is 24.0 Å². The van der Waals surface area contributed by atoms with E-state index in [1.165, 1.54) is 18.3 Å². The van der Waals surface area contributed by atoms with Gasteiger partial charge in [0.15, 0.2) is 5.01 Å². The molecule has 0 spiro atoms. The van der Waals surface area contributed by atoms with Crippen LogP contribution in [0.15, 0.2) is 114 Å². The third-order valence-corrected chi connectivity index (χ3v) is 9.21. The van der Waals surface area contributed by atoms with Gasteiger partial charge in [-0.15, -0.1) is 11.3 Å². The highest BCUT2D eigenvalue weighted by molar-refractivity contribution is 7.20. The van der Waals surface area contributed by atoms with Gasteiger partial charge in [0.1, 0.15) is 19.3 Å². The summed E-state index contributed by atoms with van der Waals surface area (Å²) < 4.78 is 11.5. The number of rotatable bonds is 15. The van der Waals surface area contributed by atoms with Crippen LogP contribution in [-0.2, 0) is 38.7 Å². The maximum Gasteiger partial charge on any atom is 0.414 e. The lowest BCUT2D eigenvalue weighted by Gasteiger charge is -2.22.